The van der Waals surface area contributed by atoms with E-state index in [4.69, 9.17) is 4.74 Å². The summed E-state index contributed by atoms with van der Waals surface area (Å²) < 4.78 is 4.80. The third kappa shape index (κ3) is 6.92. The third-order valence-corrected chi connectivity index (χ3v) is 3.30. The summed E-state index contributed by atoms with van der Waals surface area (Å²) in [6, 6.07) is 0. The second kappa shape index (κ2) is 7.65. The lowest BCUT2D eigenvalue weighted by atomic mass is 9.84. The molecular formula is C16H31NO3. The first-order valence-corrected chi connectivity index (χ1v) is 7.43. The molecule has 0 aliphatic carbocycles. The van der Waals surface area contributed by atoms with E-state index in [1.807, 2.05) is 6.92 Å². The highest BCUT2D eigenvalue weighted by atomic mass is 16.5. The molecule has 0 aromatic heterocycles. The van der Waals surface area contributed by atoms with Crippen molar-refractivity contribution >= 4 is 11.9 Å². The Balaban J connectivity index is 4.59. The summed E-state index contributed by atoms with van der Waals surface area (Å²) in [6.07, 6.45) is 2.80. The van der Waals surface area contributed by atoms with Gasteiger partial charge < -0.3 is 10.1 Å². The first kappa shape index (κ1) is 18.9. The van der Waals surface area contributed by atoms with E-state index < -0.39 is 5.54 Å². The van der Waals surface area contributed by atoms with E-state index in [0.717, 1.165) is 12.8 Å². The smallest absolute Gasteiger partial charge is 0.331 e. The van der Waals surface area contributed by atoms with Crippen LogP contribution in [0.25, 0.3) is 0 Å². The van der Waals surface area contributed by atoms with Crippen LogP contribution in [0.2, 0.25) is 0 Å². The molecule has 0 aliphatic rings. The number of ether oxygens (including phenoxy) is 1. The SMILES string of the molecule is CCCC(C)(NC(=O)CC(C)CC(C)(C)C)C(=O)OC. The maximum Gasteiger partial charge on any atom is 0.331 e. The summed E-state index contributed by atoms with van der Waals surface area (Å²) >= 11 is 0. The minimum absolute atomic E-state index is 0.0805. The Morgan fingerprint density at radius 2 is 1.75 bits per heavy atom. The minimum atomic E-state index is -0.915. The van der Waals surface area contributed by atoms with E-state index in [9.17, 15) is 9.59 Å². The molecule has 0 aromatic rings. The number of carbonyl (C=O) groups excluding carboxylic acids is 2. The summed E-state index contributed by atoms with van der Waals surface area (Å²) in [7, 11) is 1.35. The molecular weight excluding hydrogens is 254 g/mol. The zero-order valence-electron chi connectivity index (χ0n) is 14.1. The van der Waals surface area contributed by atoms with Gasteiger partial charge in [0, 0.05) is 6.42 Å². The van der Waals surface area contributed by atoms with E-state index in [1.165, 1.54) is 7.11 Å². The molecule has 2 atom stereocenters. The highest BCUT2D eigenvalue weighted by molar-refractivity contribution is 5.87. The van der Waals surface area contributed by atoms with Gasteiger partial charge >= 0.3 is 5.97 Å². The van der Waals surface area contributed by atoms with Crippen LogP contribution in [0.5, 0.6) is 0 Å². The first-order chi connectivity index (χ1) is 9.04. The second-order valence-corrected chi connectivity index (χ2v) is 7.20. The number of rotatable bonds is 7. The quantitative estimate of drug-likeness (QED) is 0.730. The van der Waals surface area contributed by atoms with Gasteiger partial charge in [0.1, 0.15) is 5.54 Å². The van der Waals surface area contributed by atoms with Gasteiger partial charge in [-0.05, 0) is 31.1 Å². The van der Waals surface area contributed by atoms with Crippen molar-refractivity contribution in [1.29, 1.82) is 0 Å². The number of nitrogens with one attached hydrogen (secondary N) is 1. The number of methoxy groups -OCH3 is 1. The number of carbonyl (C=O) groups is 2. The lowest BCUT2D eigenvalue weighted by molar-refractivity contribution is -0.150. The molecule has 0 aliphatic heterocycles. The third-order valence-electron chi connectivity index (χ3n) is 3.30. The molecule has 0 aromatic carbocycles. The fraction of sp³-hybridized carbons (Fsp3) is 0.875. The van der Waals surface area contributed by atoms with Crippen molar-refractivity contribution in [3.63, 3.8) is 0 Å². The summed E-state index contributed by atoms with van der Waals surface area (Å²) in [5, 5.41) is 2.85. The molecule has 0 fully saturated rings. The Morgan fingerprint density at radius 1 is 1.20 bits per heavy atom. The van der Waals surface area contributed by atoms with E-state index in [1.54, 1.807) is 6.92 Å². The number of esters is 1. The van der Waals surface area contributed by atoms with Gasteiger partial charge in [0.05, 0.1) is 7.11 Å². The van der Waals surface area contributed by atoms with Crippen molar-refractivity contribution in [2.75, 3.05) is 7.11 Å². The van der Waals surface area contributed by atoms with Crippen LogP contribution in [0.3, 0.4) is 0 Å². The summed E-state index contributed by atoms with van der Waals surface area (Å²) in [5.74, 6) is -0.169. The van der Waals surface area contributed by atoms with Crippen molar-refractivity contribution in [3.8, 4) is 0 Å². The van der Waals surface area contributed by atoms with Crippen LogP contribution in [-0.2, 0) is 14.3 Å². The van der Waals surface area contributed by atoms with Crippen molar-refractivity contribution in [1.82, 2.24) is 5.32 Å². The van der Waals surface area contributed by atoms with Crippen LogP contribution in [0, 0.1) is 11.3 Å². The van der Waals surface area contributed by atoms with E-state index in [0.29, 0.717) is 18.8 Å². The molecule has 4 nitrogen and oxygen atoms in total. The van der Waals surface area contributed by atoms with Gasteiger partial charge in [-0.25, -0.2) is 4.79 Å². The van der Waals surface area contributed by atoms with E-state index in [2.05, 4.69) is 33.0 Å². The highest BCUT2D eigenvalue weighted by Crippen LogP contribution is 2.26. The summed E-state index contributed by atoms with van der Waals surface area (Å²) in [6.45, 7) is 12.3. The average Bonchev–Trinajstić information content (AvgIpc) is 2.24. The fourth-order valence-corrected chi connectivity index (χ4v) is 2.73. The van der Waals surface area contributed by atoms with Gasteiger partial charge in [0.2, 0.25) is 5.91 Å². The fourth-order valence-electron chi connectivity index (χ4n) is 2.73. The van der Waals surface area contributed by atoms with Gasteiger partial charge in [-0.15, -0.1) is 0 Å². The predicted octanol–water partition coefficient (Wildman–Crippen LogP) is 3.30. The van der Waals surface area contributed by atoms with Gasteiger partial charge in [0.25, 0.3) is 0 Å². The Kier molecular flexibility index (Phi) is 7.25. The van der Waals surface area contributed by atoms with Gasteiger partial charge in [0.15, 0.2) is 0 Å². The zero-order chi connectivity index (χ0) is 16.0. The van der Waals surface area contributed by atoms with E-state index in [-0.39, 0.29) is 17.3 Å². The zero-order valence-corrected chi connectivity index (χ0v) is 14.1. The molecule has 0 heterocycles. The van der Waals surface area contributed by atoms with Gasteiger partial charge in [-0.3, -0.25) is 4.79 Å². The standard InChI is InChI=1S/C16H31NO3/c1-8-9-16(6,14(19)20-7)17-13(18)10-12(2)11-15(3,4)5/h12H,8-11H2,1-7H3,(H,17,18). The molecule has 2 unspecified atom stereocenters. The topological polar surface area (TPSA) is 55.4 Å². The van der Waals surface area contributed by atoms with Crippen molar-refractivity contribution < 1.29 is 14.3 Å². The Hall–Kier alpha value is -1.06. The molecule has 0 saturated heterocycles. The number of hydrogen-bond donors (Lipinski definition) is 1. The molecule has 0 radical (unpaired) electrons. The highest BCUT2D eigenvalue weighted by Gasteiger charge is 2.35. The number of hydrogen-bond acceptors (Lipinski definition) is 3. The van der Waals surface area contributed by atoms with Crippen LogP contribution < -0.4 is 5.32 Å². The van der Waals surface area contributed by atoms with Crippen molar-refractivity contribution in [3.05, 3.63) is 0 Å². The number of amides is 1. The van der Waals surface area contributed by atoms with Crippen LogP contribution in [0.15, 0.2) is 0 Å². The second-order valence-electron chi connectivity index (χ2n) is 7.20. The van der Waals surface area contributed by atoms with Gasteiger partial charge in [-0.1, -0.05) is 41.0 Å². The average molecular weight is 285 g/mol. The van der Waals surface area contributed by atoms with Crippen molar-refractivity contribution in [2.24, 2.45) is 11.3 Å². The first-order valence-electron chi connectivity index (χ1n) is 7.43. The molecule has 0 rings (SSSR count). The Labute approximate surface area is 123 Å². The normalized spacial score (nSPS) is 16.1. The molecule has 0 bridgehead atoms. The van der Waals surface area contributed by atoms with Crippen molar-refractivity contribution in [2.45, 2.75) is 72.8 Å². The monoisotopic (exact) mass is 285 g/mol. The molecule has 4 heteroatoms. The Morgan fingerprint density at radius 3 is 2.15 bits per heavy atom. The maximum atomic E-state index is 12.1. The molecule has 20 heavy (non-hydrogen) atoms. The molecule has 0 spiro atoms. The lowest BCUT2D eigenvalue weighted by Gasteiger charge is -2.29. The lowest BCUT2D eigenvalue weighted by Crippen LogP contribution is -2.53. The summed E-state index contributed by atoms with van der Waals surface area (Å²) in [5.41, 5.74) is -0.712. The molecule has 118 valence electrons. The Bertz CT molecular complexity index is 333. The van der Waals surface area contributed by atoms with Crippen LogP contribution in [0.1, 0.15) is 67.2 Å². The molecule has 1 amide bonds. The molecule has 0 saturated carbocycles. The van der Waals surface area contributed by atoms with Crippen LogP contribution in [0.4, 0.5) is 0 Å². The largest absolute Gasteiger partial charge is 0.467 e. The maximum absolute atomic E-state index is 12.1. The van der Waals surface area contributed by atoms with Crippen LogP contribution >= 0.6 is 0 Å². The molecule has 1 N–H and O–H groups in total. The minimum Gasteiger partial charge on any atom is -0.467 e. The van der Waals surface area contributed by atoms with Crippen LogP contribution in [-0.4, -0.2) is 24.5 Å². The summed E-state index contributed by atoms with van der Waals surface area (Å²) in [4.78, 5) is 24.0. The van der Waals surface area contributed by atoms with Gasteiger partial charge in [-0.2, -0.15) is 0 Å². The predicted molar refractivity (Wildman–Crippen MR) is 81.3 cm³/mol. The van der Waals surface area contributed by atoms with E-state index >= 15 is 0 Å².